The molecule has 0 spiro atoms. The average Bonchev–Trinajstić information content (AvgIpc) is 2.63. The van der Waals surface area contributed by atoms with E-state index >= 15 is 0 Å². The third-order valence-corrected chi connectivity index (χ3v) is 2.23. The van der Waals surface area contributed by atoms with Crippen LogP contribution in [0.1, 0.15) is 13.3 Å². The fourth-order valence-electron chi connectivity index (χ4n) is 1.52. The van der Waals surface area contributed by atoms with Crippen molar-refractivity contribution in [1.29, 1.82) is 0 Å². The van der Waals surface area contributed by atoms with Gasteiger partial charge in [-0.05, 0) is 25.1 Å². The number of anilines is 1. The topological polar surface area (TPSA) is 83.8 Å². The van der Waals surface area contributed by atoms with Gasteiger partial charge in [0.15, 0.2) is 0 Å². The van der Waals surface area contributed by atoms with E-state index in [0.717, 1.165) is 16.6 Å². The number of carbonyl (C=O) groups excluding carboxylic acids is 1. The van der Waals surface area contributed by atoms with Crippen molar-refractivity contribution in [2.75, 3.05) is 5.32 Å². The summed E-state index contributed by atoms with van der Waals surface area (Å²) in [5, 5.41) is 10.6. The van der Waals surface area contributed by atoms with E-state index in [1.54, 1.807) is 13.1 Å². The highest BCUT2D eigenvalue weighted by molar-refractivity contribution is 5.93. The first-order chi connectivity index (χ1) is 7.65. The minimum Gasteiger partial charge on any atom is -0.327 e. The zero-order valence-electron chi connectivity index (χ0n) is 9.03. The summed E-state index contributed by atoms with van der Waals surface area (Å²) in [4.78, 5) is 11.5. The summed E-state index contributed by atoms with van der Waals surface area (Å²) in [5.41, 5.74) is 7.20. The monoisotopic (exact) mass is 218 g/mol. The van der Waals surface area contributed by atoms with Crippen LogP contribution in [0, 0.1) is 0 Å². The van der Waals surface area contributed by atoms with Crippen molar-refractivity contribution in [1.82, 2.24) is 10.2 Å². The number of H-pyrrole nitrogens is 1. The highest BCUT2D eigenvalue weighted by atomic mass is 16.1. The summed E-state index contributed by atoms with van der Waals surface area (Å²) in [6.07, 6.45) is 2.06. The Bertz CT molecular complexity index is 503. The Balaban J connectivity index is 2.11. The van der Waals surface area contributed by atoms with E-state index < -0.39 is 0 Å². The number of carbonyl (C=O) groups is 1. The van der Waals surface area contributed by atoms with Crippen molar-refractivity contribution < 1.29 is 4.79 Å². The summed E-state index contributed by atoms with van der Waals surface area (Å²) in [6.45, 7) is 1.80. The van der Waals surface area contributed by atoms with Gasteiger partial charge in [0.05, 0.1) is 11.7 Å². The van der Waals surface area contributed by atoms with Gasteiger partial charge in [-0.15, -0.1) is 0 Å². The fourth-order valence-corrected chi connectivity index (χ4v) is 1.52. The second kappa shape index (κ2) is 4.32. The van der Waals surface area contributed by atoms with Crippen molar-refractivity contribution in [2.24, 2.45) is 5.73 Å². The lowest BCUT2D eigenvalue weighted by Gasteiger charge is -2.06. The maximum Gasteiger partial charge on any atom is 0.225 e. The van der Waals surface area contributed by atoms with Gasteiger partial charge in [0.1, 0.15) is 0 Å². The molecular formula is C11H14N4O. The highest BCUT2D eigenvalue weighted by Crippen LogP contribution is 2.16. The molecule has 1 heterocycles. The zero-order valence-corrected chi connectivity index (χ0v) is 9.03. The van der Waals surface area contributed by atoms with Crippen LogP contribution >= 0.6 is 0 Å². The van der Waals surface area contributed by atoms with E-state index in [1.165, 1.54) is 0 Å². The average molecular weight is 218 g/mol. The molecule has 2 rings (SSSR count). The Labute approximate surface area is 93.0 Å². The quantitative estimate of drug-likeness (QED) is 0.724. The van der Waals surface area contributed by atoms with Crippen molar-refractivity contribution >= 4 is 22.5 Å². The first kappa shape index (κ1) is 10.6. The van der Waals surface area contributed by atoms with Crippen LogP contribution in [0.4, 0.5) is 5.69 Å². The number of nitrogens with one attached hydrogen (secondary N) is 2. The van der Waals surface area contributed by atoms with Crippen LogP contribution in [0.15, 0.2) is 24.4 Å². The summed E-state index contributed by atoms with van der Waals surface area (Å²) in [5.74, 6) is -0.0751. The number of amides is 1. The standard InChI is InChI=1S/C11H14N4O/c1-7(12)4-11(16)14-9-3-2-8-6-13-15-10(8)5-9/h2-3,5-7H,4,12H2,1H3,(H,13,15)(H,14,16). The van der Waals surface area contributed by atoms with Crippen molar-refractivity contribution in [3.8, 4) is 0 Å². The molecule has 16 heavy (non-hydrogen) atoms. The van der Waals surface area contributed by atoms with Crippen LogP contribution in [-0.2, 0) is 4.79 Å². The molecule has 5 heteroatoms. The van der Waals surface area contributed by atoms with Crippen LogP contribution in [0.2, 0.25) is 0 Å². The molecule has 2 aromatic rings. The van der Waals surface area contributed by atoms with Crippen molar-refractivity contribution in [3.63, 3.8) is 0 Å². The number of benzene rings is 1. The minimum absolute atomic E-state index is 0.0751. The molecule has 0 aliphatic heterocycles. The van der Waals surface area contributed by atoms with Crippen LogP contribution in [-0.4, -0.2) is 22.1 Å². The Morgan fingerprint density at radius 2 is 2.44 bits per heavy atom. The largest absolute Gasteiger partial charge is 0.327 e. The maximum atomic E-state index is 11.5. The number of nitrogens with zero attached hydrogens (tertiary/aromatic N) is 1. The Morgan fingerprint density at radius 1 is 1.62 bits per heavy atom. The van der Waals surface area contributed by atoms with Gasteiger partial charge in [0, 0.05) is 23.5 Å². The van der Waals surface area contributed by atoms with E-state index in [1.807, 2.05) is 18.2 Å². The molecule has 0 radical (unpaired) electrons. The van der Waals surface area contributed by atoms with E-state index in [-0.39, 0.29) is 11.9 Å². The van der Waals surface area contributed by atoms with Gasteiger partial charge in [-0.2, -0.15) is 5.10 Å². The molecule has 5 nitrogen and oxygen atoms in total. The molecule has 4 N–H and O–H groups in total. The zero-order chi connectivity index (χ0) is 11.5. The number of aromatic amines is 1. The molecule has 0 aliphatic rings. The first-order valence-corrected chi connectivity index (χ1v) is 5.14. The number of rotatable bonds is 3. The molecule has 0 fully saturated rings. The molecule has 0 aliphatic carbocycles. The molecule has 0 saturated carbocycles. The number of aromatic nitrogens is 2. The van der Waals surface area contributed by atoms with Gasteiger partial charge in [0.2, 0.25) is 5.91 Å². The van der Waals surface area contributed by atoms with Gasteiger partial charge in [-0.1, -0.05) is 0 Å². The Kier molecular flexibility index (Phi) is 2.87. The van der Waals surface area contributed by atoms with Crippen LogP contribution in [0.25, 0.3) is 10.9 Å². The fraction of sp³-hybridized carbons (Fsp3) is 0.273. The number of nitrogens with two attached hydrogens (primary N) is 1. The Hall–Kier alpha value is -1.88. The second-order valence-electron chi connectivity index (χ2n) is 3.90. The van der Waals surface area contributed by atoms with Gasteiger partial charge in [0.25, 0.3) is 0 Å². The molecule has 1 amide bonds. The summed E-state index contributed by atoms with van der Waals surface area (Å²) in [6, 6.07) is 5.47. The lowest BCUT2D eigenvalue weighted by molar-refractivity contribution is -0.116. The third-order valence-electron chi connectivity index (χ3n) is 2.23. The third kappa shape index (κ3) is 2.38. The van der Waals surface area contributed by atoms with Crippen molar-refractivity contribution in [3.05, 3.63) is 24.4 Å². The predicted molar refractivity (Wildman–Crippen MR) is 63.0 cm³/mol. The smallest absolute Gasteiger partial charge is 0.225 e. The normalized spacial score (nSPS) is 12.6. The van der Waals surface area contributed by atoms with E-state index in [0.29, 0.717) is 6.42 Å². The number of fused-ring (bicyclic) bond motifs is 1. The van der Waals surface area contributed by atoms with Crippen molar-refractivity contribution in [2.45, 2.75) is 19.4 Å². The Morgan fingerprint density at radius 3 is 3.19 bits per heavy atom. The molecule has 1 atom stereocenters. The van der Waals surface area contributed by atoms with Gasteiger partial charge in [-0.3, -0.25) is 9.89 Å². The van der Waals surface area contributed by atoms with Gasteiger partial charge in [-0.25, -0.2) is 0 Å². The SMILES string of the molecule is CC(N)CC(=O)Nc1ccc2cn[nH]c2c1. The van der Waals surface area contributed by atoms with Gasteiger partial charge >= 0.3 is 0 Å². The lowest BCUT2D eigenvalue weighted by Crippen LogP contribution is -2.23. The number of hydrogen-bond acceptors (Lipinski definition) is 3. The number of hydrogen-bond donors (Lipinski definition) is 3. The molecular weight excluding hydrogens is 204 g/mol. The van der Waals surface area contributed by atoms with Crippen LogP contribution in [0.3, 0.4) is 0 Å². The highest BCUT2D eigenvalue weighted by Gasteiger charge is 2.06. The van der Waals surface area contributed by atoms with Crippen LogP contribution < -0.4 is 11.1 Å². The molecule has 1 aromatic heterocycles. The minimum atomic E-state index is -0.129. The summed E-state index contributed by atoms with van der Waals surface area (Å²) >= 11 is 0. The summed E-state index contributed by atoms with van der Waals surface area (Å²) < 4.78 is 0. The van der Waals surface area contributed by atoms with E-state index in [9.17, 15) is 4.79 Å². The van der Waals surface area contributed by atoms with E-state index in [2.05, 4.69) is 15.5 Å². The first-order valence-electron chi connectivity index (χ1n) is 5.14. The molecule has 0 saturated heterocycles. The molecule has 1 unspecified atom stereocenters. The molecule has 0 bridgehead atoms. The second-order valence-corrected chi connectivity index (χ2v) is 3.90. The predicted octanol–water partition coefficient (Wildman–Crippen LogP) is 1.24. The molecule has 84 valence electrons. The maximum absolute atomic E-state index is 11.5. The van der Waals surface area contributed by atoms with E-state index in [4.69, 9.17) is 5.73 Å². The van der Waals surface area contributed by atoms with Gasteiger partial charge < -0.3 is 11.1 Å². The van der Waals surface area contributed by atoms with Crippen LogP contribution in [0.5, 0.6) is 0 Å². The lowest BCUT2D eigenvalue weighted by atomic mass is 10.2. The molecule has 1 aromatic carbocycles. The summed E-state index contributed by atoms with van der Waals surface area (Å²) in [7, 11) is 0.